The Kier molecular flexibility index (Phi) is 17.4. The average molecular weight is 1640 g/mol. The summed E-state index contributed by atoms with van der Waals surface area (Å²) in [6, 6.07) is 12.2. The number of hydrogen-bond acceptors (Lipinski definition) is 21. The number of nitrogens with two attached hydrogens (primary N) is 1. The molecule has 33 nitrogen and oxygen atoms in total. The molecule has 33 heteroatoms. The van der Waals surface area contributed by atoms with Crippen LogP contribution in [0.5, 0.6) is 40.2 Å². The number of anilines is 2. The van der Waals surface area contributed by atoms with E-state index in [-0.39, 0.29) is 118 Å². The van der Waals surface area contributed by atoms with Crippen LogP contribution in [0.2, 0.25) is 0 Å². The molecule has 3 saturated carbocycles. The molecular weight excluding hydrogens is 1560 g/mol. The van der Waals surface area contributed by atoms with E-state index in [9.17, 15) is 53.4 Å². The first-order valence-electron chi connectivity index (χ1n) is 39.2. The maximum atomic E-state index is 14.2. The third-order valence-electron chi connectivity index (χ3n) is 26.8. The number of urea groups is 1. The molecule has 10 aromatic rings. The van der Waals surface area contributed by atoms with E-state index in [0.717, 1.165) is 96.9 Å². The maximum absolute atomic E-state index is 14.2. The van der Waals surface area contributed by atoms with Crippen molar-refractivity contribution in [2.45, 2.75) is 96.9 Å². The third kappa shape index (κ3) is 10.7. The summed E-state index contributed by atoms with van der Waals surface area (Å²) in [4.78, 5) is 179. The molecule has 3 saturated heterocycles. The van der Waals surface area contributed by atoms with Crippen LogP contribution in [-0.4, -0.2) is 194 Å². The molecule has 12 heterocycles. The number of phenolic OH excluding ortho intramolecular Hbond substituents is 2. The highest BCUT2D eigenvalue weighted by Crippen LogP contribution is 2.72. The first kappa shape index (κ1) is 77.8. The smallest absolute Gasteiger partial charge is 0.373 e. The SMILES string of the molecule is COc1c(O)c2c(c3cc(C(=O)N4CCc5c4c(O)c(C)c4[nH]c(C(=O)N6C[C@H]7C[C@@]78C6=CC(=O)c6[nH]cc(C)c68)cc54)[nH]c13)CCN2C(N)=O.COc1cc2cc(C(=O)N3C[C@H]4C[C@@]45C3=CC(=O)C3=C5C(=O)C(C)(C)N3)[nH]c2c(C)c1OC.COc1cc2cc(C(=O)N3C[C@H]4C[C@@]45C3=CC(=O)c3[nH]c(C)cc35)[nH]c2c(C)c1OC.O=C=O.O=C=O. The summed E-state index contributed by atoms with van der Waals surface area (Å²) in [6.45, 7) is 15.3. The van der Waals surface area contributed by atoms with Crippen molar-refractivity contribution in [1.29, 1.82) is 0 Å². The van der Waals surface area contributed by atoms with Crippen LogP contribution in [-0.2, 0) is 52.4 Å². The molecule has 6 aliphatic heterocycles. The molecule has 6 atom stereocenters. The van der Waals surface area contributed by atoms with Crippen molar-refractivity contribution in [2.75, 3.05) is 78.1 Å². The maximum Gasteiger partial charge on any atom is 0.373 e. The average Bonchev–Trinajstić information content (AvgIpc) is 1.50. The van der Waals surface area contributed by atoms with Gasteiger partial charge in [-0.05, 0) is 169 Å². The second kappa shape index (κ2) is 27.0. The van der Waals surface area contributed by atoms with Crippen molar-refractivity contribution in [2.24, 2.45) is 28.9 Å². The van der Waals surface area contributed by atoms with Crippen molar-refractivity contribution in [3.63, 3.8) is 0 Å². The van der Waals surface area contributed by atoms with Gasteiger partial charge >= 0.3 is 18.3 Å². The molecular formula is C88H81N13O20. The van der Waals surface area contributed by atoms with Crippen LogP contribution in [0.25, 0.3) is 43.6 Å². The number of hydrogen-bond donors (Lipinski definition) is 10. The number of phenols is 2. The summed E-state index contributed by atoms with van der Waals surface area (Å²) in [6.07, 6.45) is 10.7. The van der Waals surface area contributed by atoms with Gasteiger partial charge in [0.05, 0.1) is 91.6 Å². The minimum absolute atomic E-state index is 0.0475. The fraction of sp³-hybridized carbons (Fsp3) is 0.330. The van der Waals surface area contributed by atoms with E-state index >= 15 is 0 Å². The summed E-state index contributed by atoms with van der Waals surface area (Å²) >= 11 is 0. The van der Waals surface area contributed by atoms with Crippen LogP contribution in [0, 0.1) is 57.8 Å². The van der Waals surface area contributed by atoms with E-state index in [1.54, 1.807) is 100 Å². The number of rotatable bonds is 9. The molecule has 6 aliphatic carbocycles. The number of nitrogens with one attached hydrogen (secondary N) is 7. The first-order valence-corrected chi connectivity index (χ1v) is 39.2. The fourth-order valence-corrected chi connectivity index (χ4v) is 21.2. The number of likely N-dealkylation sites (tertiary alicyclic amines) is 3. The molecule has 22 rings (SSSR count). The van der Waals surface area contributed by atoms with E-state index in [0.29, 0.717) is 140 Å². The number of H-pyrrole nitrogens is 6. The van der Waals surface area contributed by atoms with Crippen LogP contribution in [0.4, 0.5) is 16.2 Å². The fourth-order valence-electron chi connectivity index (χ4n) is 21.2. The van der Waals surface area contributed by atoms with Crippen LogP contribution >= 0.6 is 0 Å². The minimum Gasteiger partial charge on any atom is -0.505 e. The number of ketones is 4. The number of carbonyl (C=O) groups excluding carboxylic acids is 13. The highest BCUT2D eigenvalue weighted by atomic mass is 16.5. The molecule has 3 spiro atoms. The Labute approximate surface area is 686 Å². The van der Waals surface area contributed by atoms with Crippen LogP contribution in [0.15, 0.2) is 95.3 Å². The molecule has 6 amide bonds. The Bertz CT molecular complexity index is 6680. The lowest BCUT2D eigenvalue weighted by Gasteiger charge is -2.28. The molecule has 6 aromatic heterocycles. The number of carbonyl (C=O) groups is 9. The lowest BCUT2D eigenvalue weighted by atomic mass is 9.80. The van der Waals surface area contributed by atoms with Crippen molar-refractivity contribution >= 4 is 120 Å². The number of ether oxygens (including phenoxy) is 5. The van der Waals surface area contributed by atoms with Gasteiger partial charge in [0, 0.05) is 140 Å². The summed E-state index contributed by atoms with van der Waals surface area (Å²) < 4.78 is 27.4. The Morgan fingerprint density at radius 1 is 0.496 bits per heavy atom. The number of amides is 6. The Morgan fingerprint density at radius 3 is 1.47 bits per heavy atom. The molecule has 618 valence electrons. The quantitative estimate of drug-likeness (QED) is 0.0643. The number of aromatic hydroxyl groups is 2. The third-order valence-corrected chi connectivity index (χ3v) is 26.8. The zero-order valence-corrected chi connectivity index (χ0v) is 67.7. The first-order chi connectivity index (χ1) is 57.8. The van der Waals surface area contributed by atoms with Gasteiger partial charge < -0.3 is 94.5 Å². The predicted molar refractivity (Wildman–Crippen MR) is 431 cm³/mol. The van der Waals surface area contributed by atoms with Crippen LogP contribution in [0.3, 0.4) is 0 Å². The lowest BCUT2D eigenvalue weighted by Crippen LogP contribution is -2.41. The van der Waals surface area contributed by atoms with Gasteiger partial charge in [0.1, 0.15) is 28.5 Å². The molecule has 11 N–H and O–H groups in total. The largest absolute Gasteiger partial charge is 0.505 e. The standard InChI is InChI=1S/C37H33N7O7.C25H25N3O5.C24H23N3O4.2CO2/c1-14-12-39-28-23(45)10-24-37(25(14)28)11-16(37)13-44(24)35(49)22-8-19-17-4-6-42(29(17)31(46)15(2)26(19)40-22)34(48)21-9-20-18-5-7-43(36(38)50)30(18)32(47)33(51-3)27(20)41-21;1-11-19-12(7-16(32-4)21(11)33-5)6-14(26-19)23(31)28-10-13-9-25(13)17(28)8-15(29)20-18(25)22(30)24(2,3)27-20;1-11-5-15-21(25-11)17(28)8-19-24(15)9-14(24)10-27(19)23(29)16-6-13-7-18(30-3)22(31-4)12(2)20(13)26-16;2*2-1-3/h8-10,12,16,39-41,46-47H,4-7,11,13H2,1-3H3,(H2,38,50);6-8,13,26-27H,9-10H2,1-5H3;5-8,14,25-26H,9-10H2,1-4H3;;/t16-,37+;13-,25+;14-,24-;;/m111../s1. The Balaban J connectivity index is 0.000000125. The summed E-state index contributed by atoms with van der Waals surface area (Å²) in [5.41, 5.74) is 20.7. The number of nitrogens with zero attached hydrogens (tertiary/aromatic N) is 5. The van der Waals surface area contributed by atoms with Gasteiger partial charge in [-0.15, -0.1) is 0 Å². The van der Waals surface area contributed by atoms with E-state index in [1.807, 2.05) is 52.1 Å². The molecule has 0 radical (unpaired) electrons. The second-order valence-electron chi connectivity index (χ2n) is 33.2. The van der Waals surface area contributed by atoms with Gasteiger partial charge in [0.2, 0.25) is 17.3 Å². The zero-order chi connectivity index (χ0) is 85.9. The van der Waals surface area contributed by atoms with Crippen molar-refractivity contribution in [3.8, 4) is 40.2 Å². The molecule has 0 bridgehead atoms. The van der Waals surface area contributed by atoms with Gasteiger partial charge in [-0.25, -0.2) is 4.79 Å². The van der Waals surface area contributed by atoms with E-state index in [2.05, 4.69) is 41.3 Å². The topological polar surface area (TPSA) is 458 Å². The molecule has 0 unspecified atom stereocenters. The molecule has 12 aliphatic rings. The minimum atomic E-state index is -0.810. The van der Waals surface area contributed by atoms with E-state index in [4.69, 9.17) is 48.6 Å². The van der Waals surface area contributed by atoms with Crippen LogP contribution < -0.4 is 44.5 Å². The number of Topliss-reactive ketones (excluding diaryl/α,β-unsaturated/α-hetero) is 1. The molecule has 121 heavy (non-hydrogen) atoms. The number of allylic oxidation sites excluding steroid dienone is 6. The van der Waals surface area contributed by atoms with Gasteiger partial charge in [0.25, 0.3) is 23.6 Å². The number of aromatic nitrogens is 6. The normalized spacial score (nSPS) is 22.3. The second-order valence-corrected chi connectivity index (χ2v) is 33.2. The predicted octanol–water partition coefficient (Wildman–Crippen LogP) is 9.24. The van der Waals surface area contributed by atoms with Gasteiger partial charge in [-0.1, -0.05) is 0 Å². The van der Waals surface area contributed by atoms with Gasteiger partial charge in [-0.2, -0.15) is 19.2 Å². The number of aromatic amines is 6. The number of primary amides is 1. The number of benzene rings is 4. The number of fused-ring (bicyclic) bond motifs is 10. The summed E-state index contributed by atoms with van der Waals surface area (Å²) in [5.74, 6) is 1.55. The van der Waals surface area contributed by atoms with E-state index in [1.165, 1.54) is 16.9 Å². The Hall–Kier alpha value is -14.5. The zero-order valence-electron chi connectivity index (χ0n) is 67.7. The highest BCUT2D eigenvalue weighted by Gasteiger charge is 2.73. The highest BCUT2D eigenvalue weighted by molar-refractivity contribution is 6.21. The number of aryl methyl sites for hydroxylation is 5. The monoisotopic (exact) mass is 1640 g/mol. The summed E-state index contributed by atoms with van der Waals surface area (Å²) in [5, 5.41) is 28.8. The lowest BCUT2D eigenvalue weighted by molar-refractivity contribution is -0.193. The Morgan fingerprint density at radius 2 is 0.934 bits per heavy atom. The van der Waals surface area contributed by atoms with Crippen molar-refractivity contribution < 1.29 is 96.2 Å². The van der Waals surface area contributed by atoms with Crippen molar-refractivity contribution in [1.82, 2.24) is 49.9 Å². The van der Waals surface area contributed by atoms with Crippen molar-refractivity contribution in [3.05, 3.63) is 180 Å². The van der Waals surface area contributed by atoms with Gasteiger partial charge in [0.15, 0.2) is 40.3 Å². The number of methoxy groups -OCH3 is 5. The van der Waals surface area contributed by atoms with Gasteiger partial charge in [-0.3, -0.25) is 43.3 Å². The van der Waals surface area contributed by atoms with Crippen LogP contribution in [0.1, 0.15) is 146 Å². The molecule has 6 fully saturated rings. The summed E-state index contributed by atoms with van der Waals surface area (Å²) in [7, 11) is 7.75. The molecule has 4 aromatic carbocycles. The number of piperidine rings is 3. The van der Waals surface area contributed by atoms with E-state index < -0.39 is 22.9 Å².